The summed E-state index contributed by atoms with van der Waals surface area (Å²) in [6, 6.07) is 5.12. The highest BCUT2D eigenvalue weighted by molar-refractivity contribution is 8.14. The summed E-state index contributed by atoms with van der Waals surface area (Å²) in [6.45, 7) is 2.19. The second-order valence-electron chi connectivity index (χ2n) is 4.32. The van der Waals surface area contributed by atoms with Crippen LogP contribution in [0.3, 0.4) is 0 Å². The molecule has 114 valence electrons. The van der Waals surface area contributed by atoms with E-state index in [4.69, 9.17) is 15.4 Å². The Morgan fingerprint density at radius 2 is 2.14 bits per heavy atom. The Morgan fingerprint density at radius 1 is 1.43 bits per heavy atom. The number of likely N-dealkylation sites (N-methyl/N-ethyl adjacent to an activating group) is 1. The summed E-state index contributed by atoms with van der Waals surface area (Å²) in [5.74, 6) is 0.178. The molecular formula is C13H15ClN2O4S. The molecule has 1 amide bonds. The summed E-state index contributed by atoms with van der Waals surface area (Å²) < 4.78 is 30.5. The lowest BCUT2D eigenvalue weighted by Crippen LogP contribution is -2.23. The van der Waals surface area contributed by atoms with Gasteiger partial charge in [-0.15, -0.1) is 0 Å². The molecule has 0 unspecified atom stereocenters. The predicted octanol–water partition coefficient (Wildman–Crippen LogP) is 1.71. The van der Waals surface area contributed by atoms with E-state index in [-0.39, 0.29) is 17.3 Å². The number of aromatic nitrogens is 1. The first-order chi connectivity index (χ1) is 9.88. The number of fused-ring (bicyclic) bond motifs is 1. The maximum Gasteiger partial charge on any atom is 0.263 e. The van der Waals surface area contributed by atoms with Crippen LogP contribution in [0.5, 0.6) is 5.75 Å². The van der Waals surface area contributed by atoms with Crippen molar-refractivity contribution in [2.45, 2.75) is 18.4 Å². The Labute approximate surface area is 127 Å². The van der Waals surface area contributed by atoms with Crippen LogP contribution < -0.4 is 10.1 Å². The molecule has 0 aliphatic heterocycles. The monoisotopic (exact) mass is 330 g/mol. The standard InChI is InChI=1S/C13H15ClN2O4S/c1-3-20-10-6-4-5-9-13(10)11(21(14,18)19)7-16(9)8-12(17)15-2/h4-7H,3,8H2,1-2H3,(H,15,17). The van der Waals surface area contributed by atoms with E-state index in [2.05, 4.69) is 5.32 Å². The molecule has 0 aliphatic rings. The van der Waals surface area contributed by atoms with Crippen molar-refractivity contribution in [2.24, 2.45) is 0 Å². The van der Waals surface area contributed by atoms with Crippen LogP contribution in [0, 0.1) is 0 Å². The minimum absolute atomic E-state index is 0.00497. The zero-order chi connectivity index (χ0) is 15.6. The number of ether oxygens (including phenoxy) is 1. The van der Waals surface area contributed by atoms with Gasteiger partial charge in [0.2, 0.25) is 5.91 Å². The zero-order valence-corrected chi connectivity index (χ0v) is 13.2. The molecule has 0 aliphatic carbocycles. The molecule has 6 nitrogen and oxygen atoms in total. The van der Waals surface area contributed by atoms with E-state index in [0.29, 0.717) is 23.3 Å². The van der Waals surface area contributed by atoms with Gasteiger partial charge in [-0.3, -0.25) is 4.79 Å². The number of halogens is 1. The van der Waals surface area contributed by atoms with Gasteiger partial charge in [-0.05, 0) is 19.1 Å². The minimum Gasteiger partial charge on any atom is -0.493 e. The van der Waals surface area contributed by atoms with Crippen molar-refractivity contribution in [2.75, 3.05) is 13.7 Å². The van der Waals surface area contributed by atoms with Crippen molar-refractivity contribution in [1.29, 1.82) is 0 Å². The third-order valence-corrected chi connectivity index (χ3v) is 4.32. The van der Waals surface area contributed by atoms with Crippen molar-refractivity contribution in [1.82, 2.24) is 9.88 Å². The fraction of sp³-hybridized carbons (Fsp3) is 0.308. The Kier molecular flexibility index (Phi) is 4.43. The number of benzene rings is 1. The van der Waals surface area contributed by atoms with Gasteiger partial charge in [0.25, 0.3) is 9.05 Å². The number of rotatable bonds is 5. The van der Waals surface area contributed by atoms with Gasteiger partial charge >= 0.3 is 0 Å². The lowest BCUT2D eigenvalue weighted by molar-refractivity contribution is -0.121. The van der Waals surface area contributed by atoms with Crippen LogP contribution >= 0.6 is 10.7 Å². The molecule has 0 spiro atoms. The van der Waals surface area contributed by atoms with Gasteiger partial charge in [0.05, 0.1) is 17.5 Å². The van der Waals surface area contributed by atoms with E-state index in [9.17, 15) is 13.2 Å². The highest BCUT2D eigenvalue weighted by Crippen LogP contribution is 2.35. The lowest BCUT2D eigenvalue weighted by atomic mass is 10.2. The fourth-order valence-electron chi connectivity index (χ4n) is 2.11. The summed E-state index contributed by atoms with van der Waals surface area (Å²) in [5.41, 5.74) is 0.573. The number of hydrogen-bond acceptors (Lipinski definition) is 4. The van der Waals surface area contributed by atoms with E-state index in [0.717, 1.165) is 0 Å². The molecule has 1 heterocycles. The summed E-state index contributed by atoms with van der Waals surface area (Å²) in [5, 5.41) is 2.88. The molecular weight excluding hydrogens is 316 g/mol. The van der Waals surface area contributed by atoms with Gasteiger partial charge in [0.1, 0.15) is 17.2 Å². The van der Waals surface area contributed by atoms with Crippen molar-refractivity contribution in [3.63, 3.8) is 0 Å². The quantitative estimate of drug-likeness (QED) is 0.847. The van der Waals surface area contributed by atoms with E-state index in [1.165, 1.54) is 17.8 Å². The topological polar surface area (TPSA) is 77.4 Å². The summed E-state index contributed by atoms with van der Waals surface area (Å²) in [6.07, 6.45) is 1.35. The minimum atomic E-state index is -3.95. The van der Waals surface area contributed by atoms with Crippen LogP contribution in [-0.4, -0.2) is 32.5 Å². The first-order valence-corrected chi connectivity index (χ1v) is 8.59. The number of carbonyl (C=O) groups is 1. The molecule has 0 atom stereocenters. The molecule has 2 rings (SSSR count). The molecule has 21 heavy (non-hydrogen) atoms. The maximum absolute atomic E-state index is 11.8. The highest BCUT2D eigenvalue weighted by atomic mass is 35.7. The first kappa shape index (κ1) is 15.7. The Hall–Kier alpha value is -1.73. The van der Waals surface area contributed by atoms with Crippen molar-refractivity contribution < 1.29 is 17.9 Å². The Bertz CT molecular complexity index is 783. The van der Waals surface area contributed by atoms with Crippen LogP contribution in [0.2, 0.25) is 0 Å². The van der Waals surface area contributed by atoms with Crippen LogP contribution in [0.4, 0.5) is 0 Å². The molecule has 2 aromatic rings. The van der Waals surface area contributed by atoms with Gasteiger partial charge < -0.3 is 14.6 Å². The average molecular weight is 331 g/mol. The van der Waals surface area contributed by atoms with E-state index in [1.54, 1.807) is 25.1 Å². The van der Waals surface area contributed by atoms with Crippen molar-refractivity contribution in [3.8, 4) is 5.75 Å². The number of carbonyl (C=O) groups excluding carboxylic acids is 1. The highest BCUT2D eigenvalue weighted by Gasteiger charge is 2.22. The molecule has 8 heteroatoms. The van der Waals surface area contributed by atoms with Crippen LogP contribution in [-0.2, 0) is 20.4 Å². The van der Waals surface area contributed by atoms with Gasteiger partial charge in [0.15, 0.2) is 0 Å². The van der Waals surface area contributed by atoms with Gasteiger partial charge in [-0.2, -0.15) is 0 Å². The zero-order valence-electron chi connectivity index (χ0n) is 11.6. The van der Waals surface area contributed by atoms with Crippen LogP contribution in [0.15, 0.2) is 29.3 Å². The second kappa shape index (κ2) is 5.95. The molecule has 0 fully saturated rings. The second-order valence-corrected chi connectivity index (χ2v) is 6.85. The largest absolute Gasteiger partial charge is 0.493 e. The van der Waals surface area contributed by atoms with E-state index < -0.39 is 9.05 Å². The number of nitrogens with zero attached hydrogens (tertiary/aromatic N) is 1. The number of nitrogens with one attached hydrogen (secondary N) is 1. The smallest absolute Gasteiger partial charge is 0.263 e. The number of hydrogen-bond donors (Lipinski definition) is 1. The lowest BCUT2D eigenvalue weighted by Gasteiger charge is -2.07. The molecule has 1 aromatic heterocycles. The average Bonchev–Trinajstić information content (AvgIpc) is 2.79. The maximum atomic E-state index is 11.8. The summed E-state index contributed by atoms with van der Waals surface area (Å²) in [7, 11) is 3.06. The Balaban J connectivity index is 2.73. The van der Waals surface area contributed by atoms with Crippen LogP contribution in [0.25, 0.3) is 10.9 Å². The van der Waals surface area contributed by atoms with Crippen molar-refractivity contribution >= 4 is 36.5 Å². The predicted molar refractivity (Wildman–Crippen MR) is 80.2 cm³/mol. The number of amides is 1. The van der Waals surface area contributed by atoms with Gasteiger partial charge in [-0.1, -0.05) is 6.07 Å². The molecule has 0 saturated heterocycles. The Morgan fingerprint density at radius 3 is 2.71 bits per heavy atom. The summed E-state index contributed by atoms with van der Waals surface area (Å²) >= 11 is 0. The molecule has 0 radical (unpaired) electrons. The van der Waals surface area contributed by atoms with Crippen molar-refractivity contribution in [3.05, 3.63) is 24.4 Å². The normalized spacial score (nSPS) is 11.6. The van der Waals surface area contributed by atoms with Gasteiger partial charge in [-0.25, -0.2) is 8.42 Å². The third kappa shape index (κ3) is 3.14. The molecule has 0 saturated carbocycles. The fourth-order valence-corrected chi connectivity index (χ4v) is 3.16. The van der Waals surface area contributed by atoms with Gasteiger partial charge in [0, 0.05) is 23.9 Å². The SMILES string of the molecule is CCOc1cccc2c1c(S(=O)(=O)Cl)cn2CC(=O)NC. The summed E-state index contributed by atoms with van der Waals surface area (Å²) in [4.78, 5) is 11.5. The van der Waals surface area contributed by atoms with Crippen LogP contribution in [0.1, 0.15) is 6.92 Å². The van der Waals surface area contributed by atoms with E-state index in [1.807, 2.05) is 0 Å². The molecule has 1 N–H and O–H groups in total. The third-order valence-electron chi connectivity index (χ3n) is 2.99. The first-order valence-electron chi connectivity index (χ1n) is 6.28. The van der Waals surface area contributed by atoms with E-state index >= 15 is 0 Å². The molecule has 1 aromatic carbocycles. The molecule has 0 bridgehead atoms.